The maximum absolute atomic E-state index is 12.9. The van der Waals surface area contributed by atoms with Crippen LogP contribution in [0.3, 0.4) is 0 Å². The number of nitrogens with zero attached hydrogens (tertiary/aromatic N) is 5. The van der Waals surface area contributed by atoms with E-state index in [1.807, 2.05) is 29.3 Å². The molecule has 0 atom stereocenters. The van der Waals surface area contributed by atoms with E-state index in [0.29, 0.717) is 12.2 Å². The summed E-state index contributed by atoms with van der Waals surface area (Å²) in [5, 5.41) is 1.04. The van der Waals surface area contributed by atoms with Crippen molar-refractivity contribution in [1.82, 2.24) is 24.8 Å². The molecule has 132 valence electrons. The van der Waals surface area contributed by atoms with Crippen LogP contribution >= 0.6 is 0 Å². The van der Waals surface area contributed by atoms with Gasteiger partial charge in [0.05, 0.1) is 5.39 Å². The molecule has 1 saturated heterocycles. The third-order valence-electron chi connectivity index (χ3n) is 5.45. The molecule has 7 heteroatoms. The van der Waals surface area contributed by atoms with E-state index < -0.39 is 0 Å². The van der Waals surface area contributed by atoms with E-state index in [2.05, 4.69) is 24.8 Å². The number of hydrogen-bond acceptors (Lipinski definition) is 5. The van der Waals surface area contributed by atoms with E-state index in [9.17, 15) is 4.79 Å². The first-order valence-electron chi connectivity index (χ1n) is 8.98. The Bertz CT molecular complexity index is 949. The van der Waals surface area contributed by atoms with Crippen LogP contribution in [0.2, 0.25) is 0 Å². The molecule has 0 aromatic carbocycles. The number of aromatic nitrogens is 4. The Labute approximate surface area is 151 Å². The zero-order valence-corrected chi connectivity index (χ0v) is 14.4. The SMILES string of the molecule is O=C(c1ccccn1)N1CCN(c2ncnc3[nH]ccc23)CC2(CC2)C1. The first-order valence-corrected chi connectivity index (χ1v) is 8.98. The number of carbonyl (C=O) groups excluding carboxylic acids is 1. The number of hydrogen-bond donors (Lipinski definition) is 1. The van der Waals surface area contributed by atoms with Crippen molar-refractivity contribution in [3.05, 3.63) is 48.7 Å². The van der Waals surface area contributed by atoms with Crippen LogP contribution in [0.15, 0.2) is 43.0 Å². The van der Waals surface area contributed by atoms with E-state index >= 15 is 0 Å². The highest BCUT2D eigenvalue weighted by Gasteiger charge is 2.48. The summed E-state index contributed by atoms with van der Waals surface area (Å²) in [6.07, 6.45) is 7.47. The fourth-order valence-electron chi connectivity index (χ4n) is 3.87. The Balaban J connectivity index is 1.44. The highest BCUT2D eigenvalue weighted by molar-refractivity contribution is 5.92. The third kappa shape index (κ3) is 2.60. The summed E-state index contributed by atoms with van der Waals surface area (Å²) in [5.74, 6) is 0.975. The van der Waals surface area contributed by atoms with Gasteiger partial charge in [-0.2, -0.15) is 0 Å². The predicted octanol–water partition coefficient (Wildman–Crippen LogP) is 2.10. The van der Waals surface area contributed by atoms with Gasteiger partial charge in [-0.15, -0.1) is 0 Å². The molecule has 1 saturated carbocycles. The van der Waals surface area contributed by atoms with E-state index in [-0.39, 0.29) is 11.3 Å². The second-order valence-corrected chi connectivity index (χ2v) is 7.30. The number of pyridine rings is 1. The number of fused-ring (bicyclic) bond motifs is 1. The lowest BCUT2D eigenvalue weighted by molar-refractivity contribution is 0.0735. The highest BCUT2D eigenvalue weighted by Crippen LogP contribution is 2.48. The van der Waals surface area contributed by atoms with Gasteiger partial charge in [-0.3, -0.25) is 9.78 Å². The van der Waals surface area contributed by atoms with Gasteiger partial charge in [0.25, 0.3) is 5.91 Å². The van der Waals surface area contributed by atoms with Gasteiger partial charge in [-0.25, -0.2) is 9.97 Å². The largest absolute Gasteiger partial charge is 0.354 e. The van der Waals surface area contributed by atoms with Gasteiger partial charge < -0.3 is 14.8 Å². The van der Waals surface area contributed by atoms with Crippen LogP contribution in [-0.4, -0.2) is 56.9 Å². The molecule has 0 unspecified atom stereocenters. The molecule has 2 fully saturated rings. The number of rotatable bonds is 2. The van der Waals surface area contributed by atoms with E-state index in [4.69, 9.17) is 0 Å². The van der Waals surface area contributed by atoms with Gasteiger partial charge in [0.2, 0.25) is 0 Å². The Morgan fingerprint density at radius 2 is 2.00 bits per heavy atom. The van der Waals surface area contributed by atoms with Crippen LogP contribution in [0, 0.1) is 5.41 Å². The molecular weight excluding hydrogens is 328 g/mol. The summed E-state index contributed by atoms with van der Waals surface area (Å²) < 4.78 is 0. The molecule has 26 heavy (non-hydrogen) atoms. The number of aromatic amines is 1. The zero-order chi connectivity index (χ0) is 17.6. The topological polar surface area (TPSA) is 78.0 Å². The molecule has 5 rings (SSSR count). The molecule has 1 N–H and O–H groups in total. The van der Waals surface area contributed by atoms with Gasteiger partial charge in [0.1, 0.15) is 23.5 Å². The van der Waals surface area contributed by atoms with Crippen LogP contribution in [0.1, 0.15) is 23.3 Å². The second kappa shape index (κ2) is 5.79. The minimum absolute atomic E-state index is 0.0215. The molecule has 1 aliphatic heterocycles. The second-order valence-electron chi connectivity index (χ2n) is 7.30. The van der Waals surface area contributed by atoms with Crippen molar-refractivity contribution in [3.63, 3.8) is 0 Å². The molecule has 1 amide bonds. The number of anilines is 1. The first kappa shape index (κ1) is 15.3. The standard InChI is InChI=1S/C19H20N6O/c26-18(15-3-1-2-7-20-15)25-10-9-24(11-19(12-25)5-6-19)17-14-4-8-21-16(14)22-13-23-17/h1-4,7-8,13H,5-6,9-12H2,(H,21,22,23). The lowest BCUT2D eigenvalue weighted by atomic mass is 10.1. The van der Waals surface area contributed by atoms with Gasteiger partial charge in [0, 0.05) is 44.0 Å². The molecule has 0 radical (unpaired) electrons. The quantitative estimate of drug-likeness (QED) is 0.767. The molecule has 0 bridgehead atoms. The third-order valence-corrected chi connectivity index (χ3v) is 5.45. The normalized spacial score (nSPS) is 18.9. The van der Waals surface area contributed by atoms with Crippen LogP contribution < -0.4 is 4.90 Å². The Morgan fingerprint density at radius 1 is 1.08 bits per heavy atom. The van der Waals surface area contributed by atoms with E-state index in [1.165, 1.54) is 0 Å². The maximum Gasteiger partial charge on any atom is 0.272 e. The van der Waals surface area contributed by atoms with E-state index in [1.54, 1.807) is 18.6 Å². The van der Waals surface area contributed by atoms with Crippen LogP contribution in [0.25, 0.3) is 11.0 Å². The van der Waals surface area contributed by atoms with E-state index in [0.717, 1.165) is 49.3 Å². The Kier molecular flexibility index (Phi) is 3.41. The summed E-state index contributed by atoms with van der Waals surface area (Å²) in [6, 6.07) is 7.51. The van der Waals surface area contributed by atoms with Gasteiger partial charge in [-0.1, -0.05) is 6.07 Å². The van der Waals surface area contributed by atoms with Crippen LogP contribution in [-0.2, 0) is 0 Å². The lowest BCUT2D eigenvalue weighted by Gasteiger charge is -2.25. The summed E-state index contributed by atoms with van der Waals surface area (Å²) in [7, 11) is 0. The molecular formula is C19H20N6O. The molecule has 2 aliphatic rings. The average molecular weight is 348 g/mol. The molecule has 3 aromatic heterocycles. The molecule has 3 aromatic rings. The van der Waals surface area contributed by atoms with Crippen molar-refractivity contribution in [2.75, 3.05) is 31.1 Å². The van der Waals surface area contributed by atoms with Crippen LogP contribution in [0.4, 0.5) is 5.82 Å². The minimum atomic E-state index is 0.0215. The van der Waals surface area contributed by atoms with Crippen molar-refractivity contribution in [2.45, 2.75) is 12.8 Å². The average Bonchev–Trinajstić information content (AvgIpc) is 3.32. The number of amides is 1. The molecule has 1 aliphatic carbocycles. The highest BCUT2D eigenvalue weighted by atomic mass is 16.2. The fraction of sp³-hybridized carbons (Fsp3) is 0.368. The molecule has 7 nitrogen and oxygen atoms in total. The number of nitrogens with one attached hydrogen (secondary N) is 1. The summed E-state index contributed by atoms with van der Waals surface area (Å²) in [5.41, 5.74) is 1.55. The summed E-state index contributed by atoms with van der Waals surface area (Å²) in [4.78, 5) is 33.4. The van der Waals surface area contributed by atoms with Gasteiger partial charge in [0.15, 0.2) is 0 Å². The molecule has 4 heterocycles. The number of carbonyl (C=O) groups is 1. The fourth-order valence-corrected chi connectivity index (χ4v) is 3.87. The van der Waals surface area contributed by atoms with Crippen molar-refractivity contribution in [3.8, 4) is 0 Å². The zero-order valence-electron chi connectivity index (χ0n) is 14.4. The number of H-pyrrole nitrogens is 1. The lowest BCUT2D eigenvalue weighted by Crippen LogP contribution is -2.37. The van der Waals surface area contributed by atoms with Crippen LogP contribution in [0.5, 0.6) is 0 Å². The van der Waals surface area contributed by atoms with Crippen molar-refractivity contribution >= 4 is 22.8 Å². The monoisotopic (exact) mass is 348 g/mol. The van der Waals surface area contributed by atoms with Crippen molar-refractivity contribution in [1.29, 1.82) is 0 Å². The Morgan fingerprint density at radius 3 is 2.81 bits per heavy atom. The van der Waals surface area contributed by atoms with Gasteiger partial charge in [-0.05, 0) is 31.0 Å². The van der Waals surface area contributed by atoms with Gasteiger partial charge >= 0.3 is 0 Å². The predicted molar refractivity (Wildman–Crippen MR) is 97.9 cm³/mol. The minimum Gasteiger partial charge on any atom is -0.354 e. The Hall–Kier alpha value is -2.96. The molecule has 1 spiro atoms. The first-order chi connectivity index (χ1) is 12.7. The van der Waals surface area contributed by atoms with Crippen molar-refractivity contribution < 1.29 is 4.79 Å². The summed E-state index contributed by atoms with van der Waals surface area (Å²) >= 11 is 0. The summed E-state index contributed by atoms with van der Waals surface area (Å²) in [6.45, 7) is 3.15. The maximum atomic E-state index is 12.9. The van der Waals surface area contributed by atoms with Crippen molar-refractivity contribution in [2.24, 2.45) is 5.41 Å². The smallest absolute Gasteiger partial charge is 0.272 e.